The zero-order valence-electron chi connectivity index (χ0n) is 13.9. The van der Waals surface area contributed by atoms with Crippen LogP contribution >= 0.6 is 0 Å². The molecule has 1 aliphatic rings. The zero-order valence-corrected chi connectivity index (χ0v) is 13.9. The molecule has 1 aliphatic heterocycles. The van der Waals surface area contributed by atoms with E-state index >= 15 is 0 Å². The third-order valence-corrected chi connectivity index (χ3v) is 4.31. The Labute approximate surface area is 148 Å². The highest BCUT2D eigenvalue weighted by Gasteiger charge is 2.30. The number of hydrogen-bond donors (Lipinski definition) is 1. The summed E-state index contributed by atoms with van der Waals surface area (Å²) < 4.78 is 36.5. The summed E-state index contributed by atoms with van der Waals surface area (Å²) in [6.45, 7) is -0.412. The predicted molar refractivity (Wildman–Crippen MR) is 90.9 cm³/mol. The lowest BCUT2D eigenvalue weighted by Crippen LogP contribution is -2.54. The second-order valence-electron chi connectivity index (χ2n) is 6.08. The number of hydrogen-bond acceptors (Lipinski definition) is 2. The van der Waals surface area contributed by atoms with Gasteiger partial charge in [0.15, 0.2) is 0 Å². The maximum atomic E-state index is 12.8. The Kier molecular flexibility index (Phi) is 5.01. The van der Waals surface area contributed by atoms with Crippen LogP contribution in [0.25, 0.3) is 10.8 Å². The van der Waals surface area contributed by atoms with Gasteiger partial charge in [-0.05, 0) is 16.8 Å². The number of carbonyl (C=O) groups excluding carboxylic acids is 2. The molecule has 2 aromatic rings. The van der Waals surface area contributed by atoms with Gasteiger partial charge in [0.2, 0.25) is 0 Å². The van der Waals surface area contributed by atoms with E-state index in [1.165, 1.54) is 4.90 Å². The SMILES string of the molecule is O=C(NCC(F)(F)F)N1CCN(C(=O)c2cccc3ccccc23)CC1. The molecule has 2 aromatic carbocycles. The van der Waals surface area contributed by atoms with Gasteiger partial charge in [-0.1, -0.05) is 36.4 Å². The molecule has 1 N–H and O–H groups in total. The number of alkyl halides is 3. The number of halogens is 3. The molecule has 1 saturated heterocycles. The molecule has 3 amide bonds. The van der Waals surface area contributed by atoms with Crippen LogP contribution in [0.4, 0.5) is 18.0 Å². The molecule has 0 aromatic heterocycles. The van der Waals surface area contributed by atoms with E-state index in [1.54, 1.807) is 11.0 Å². The molecule has 3 rings (SSSR count). The first kappa shape index (κ1) is 18.0. The molecule has 0 unspecified atom stereocenters. The van der Waals surface area contributed by atoms with Gasteiger partial charge >= 0.3 is 12.2 Å². The van der Waals surface area contributed by atoms with Crippen molar-refractivity contribution in [3.8, 4) is 0 Å². The Balaban J connectivity index is 1.63. The second kappa shape index (κ2) is 7.23. The maximum absolute atomic E-state index is 12.8. The number of urea groups is 1. The Morgan fingerprint density at radius 1 is 0.923 bits per heavy atom. The van der Waals surface area contributed by atoms with Gasteiger partial charge in [-0.3, -0.25) is 4.79 Å². The highest BCUT2D eigenvalue weighted by molar-refractivity contribution is 6.07. The van der Waals surface area contributed by atoms with E-state index in [0.29, 0.717) is 5.56 Å². The quantitative estimate of drug-likeness (QED) is 0.890. The molecule has 8 heteroatoms. The average Bonchev–Trinajstić information content (AvgIpc) is 2.64. The van der Waals surface area contributed by atoms with Crippen molar-refractivity contribution in [2.75, 3.05) is 32.7 Å². The van der Waals surface area contributed by atoms with Crippen molar-refractivity contribution >= 4 is 22.7 Å². The van der Waals surface area contributed by atoms with Crippen LogP contribution in [0.2, 0.25) is 0 Å². The normalized spacial score (nSPS) is 15.2. The van der Waals surface area contributed by atoms with E-state index in [2.05, 4.69) is 0 Å². The summed E-state index contributed by atoms with van der Waals surface area (Å²) in [5.41, 5.74) is 0.582. The second-order valence-corrected chi connectivity index (χ2v) is 6.08. The lowest BCUT2D eigenvalue weighted by molar-refractivity contribution is -0.123. The van der Waals surface area contributed by atoms with Crippen LogP contribution < -0.4 is 5.32 Å². The fraction of sp³-hybridized carbons (Fsp3) is 0.333. The molecule has 0 radical (unpaired) electrons. The molecule has 5 nitrogen and oxygen atoms in total. The van der Waals surface area contributed by atoms with Crippen molar-refractivity contribution in [1.29, 1.82) is 0 Å². The fourth-order valence-electron chi connectivity index (χ4n) is 2.98. The minimum atomic E-state index is -4.44. The lowest BCUT2D eigenvalue weighted by atomic mass is 10.0. The first-order valence-electron chi connectivity index (χ1n) is 8.22. The van der Waals surface area contributed by atoms with Crippen molar-refractivity contribution in [2.45, 2.75) is 6.18 Å². The molecular weight excluding hydrogens is 347 g/mol. The smallest absolute Gasteiger partial charge is 0.335 e. The van der Waals surface area contributed by atoms with E-state index < -0.39 is 18.8 Å². The van der Waals surface area contributed by atoms with Crippen LogP contribution in [0.3, 0.4) is 0 Å². The Hall–Kier alpha value is -2.77. The number of nitrogens with one attached hydrogen (secondary N) is 1. The standard InChI is InChI=1S/C18H18F3N3O2/c19-18(20,21)12-22-17(26)24-10-8-23(9-11-24)16(25)15-7-3-5-13-4-1-2-6-14(13)15/h1-7H,8-12H2,(H,22,26). The van der Waals surface area contributed by atoms with E-state index in [0.717, 1.165) is 10.8 Å². The van der Waals surface area contributed by atoms with Crippen LogP contribution in [0.1, 0.15) is 10.4 Å². The van der Waals surface area contributed by atoms with Crippen molar-refractivity contribution in [1.82, 2.24) is 15.1 Å². The molecule has 1 heterocycles. The van der Waals surface area contributed by atoms with Gasteiger partial charge in [0.1, 0.15) is 6.54 Å². The van der Waals surface area contributed by atoms with Crippen LogP contribution in [0.5, 0.6) is 0 Å². The van der Waals surface area contributed by atoms with E-state index in [-0.39, 0.29) is 32.1 Å². The topological polar surface area (TPSA) is 52.7 Å². The Morgan fingerprint density at radius 2 is 1.54 bits per heavy atom. The molecule has 0 atom stereocenters. The lowest BCUT2D eigenvalue weighted by Gasteiger charge is -2.35. The van der Waals surface area contributed by atoms with Gasteiger partial charge in [0.05, 0.1) is 0 Å². The van der Waals surface area contributed by atoms with Gasteiger partial charge in [-0.2, -0.15) is 13.2 Å². The molecule has 0 aliphatic carbocycles. The minimum Gasteiger partial charge on any atom is -0.335 e. The van der Waals surface area contributed by atoms with Gasteiger partial charge in [0.25, 0.3) is 5.91 Å². The summed E-state index contributed by atoms with van der Waals surface area (Å²) >= 11 is 0. The number of rotatable bonds is 2. The molecule has 0 bridgehead atoms. The Bertz CT molecular complexity index is 809. The molecule has 138 valence electrons. The summed E-state index contributed by atoms with van der Waals surface area (Å²) in [6.07, 6.45) is -4.44. The van der Waals surface area contributed by atoms with E-state index in [4.69, 9.17) is 0 Å². The largest absolute Gasteiger partial charge is 0.405 e. The number of carbonyl (C=O) groups is 2. The third-order valence-electron chi connectivity index (χ3n) is 4.31. The molecule has 0 spiro atoms. The van der Waals surface area contributed by atoms with Gasteiger partial charge in [0, 0.05) is 31.7 Å². The molecule has 0 saturated carbocycles. The van der Waals surface area contributed by atoms with Crippen LogP contribution in [-0.2, 0) is 0 Å². The number of benzene rings is 2. The Morgan fingerprint density at radius 3 is 2.23 bits per heavy atom. The predicted octanol–water partition coefficient (Wildman–Crippen LogP) is 2.87. The first-order chi connectivity index (χ1) is 12.3. The summed E-state index contributed by atoms with van der Waals surface area (Å²) in [5.74, 6) is -0.142. The van der Waals surface area contributed by atoms with Crippen molar-refractivity contribution in [2.24, 2.45) is 0 Å². The van der Waals surface area contributed by atoms with E-state index in [9.17, 15) is 22.8 Å². The van der Waals surface area contributed by atoms with Crippen molar-refractivity contribution in [3.05, 3.63) is 48.0 Å². The van der Waals surface area contributed by atoms with Crippen LogP contribution in [0.15, 0.2) is 42.5 Å². The van der Waals surface area contributed by atoms with Crippen LogP contribution in [0, 0.1) is 0 Å². The van der Waals surface area contributed by atoms with Gasteiger partial charge < -0.3 is 15.1 Å². The highest BCUT2D eigenvalue weighted by Crippen LogP contribution is 2.20. The minimum absolute atomic E-state index is 0.142. The van der Waals surface area contributed by atoms with Crippen molar-refractivity contribution in [3.63, 3.8) is 0 Å². The fourth-order valence-corrected chi connectivity index (χ4v) is 2.98. The van der Waals surface area contributed by atoms with Gasteiger partial charge in [-0.15, -0.1) is 0 Å². The summed E-state index contributed by atoms with van der Waals surface area (Å²) in [7, 11) is 0. The number of piperazine rings is 1. The summed E-state index contributed by atoms with van der Waals surface area (Å²) in [5, 5.41) is 3.66. The van der Waals surface area contributed by atoms with Crippen molar-refractivity contribution < 1.29 is 22.8 Å². The van der Waals surface area contributed by atoms with Gasteiger partial charge in [-0.25, -0.2) is 4.79 Å². The number of fused-ring (bicyclic) bond motifs is 1. The summed E-state index contributed by atoms with van der Waals surface area (Å²) in [4.78, 5) is 27.5. The third kappa shape index (κ3) is 4.07. The summed E-state index contributed by atoms with van der Waals surface area (Å²) in [6, 6.07) is 12.3. The average molecular weight is 365 g/mol. The molecule has 1 fully saturated rings. The molecule has 26 heavy (non-hydrogen) atoms. The molecular formula is C18H18F3N3O2. The zero-order chi connectivity index (χ0) is 18.7. The monoisotopic (exact) mass is 365 g/mol. The number of nitrogens with zero attached hydrogens (tertiary/aromatic N) is 2. The van der Waals surface area contributed by atoms with Crippen LogP contribution in [-0.4, -0.2) is 60.6 Å². The highest BCUT2D eigenvalue weighted by atomic mass is 19.4. The first-order valence-corrected chi connectivity index (χ1v) is 8.22. The maximum Gasteiger partial charge on any atom is 0.405 e. The van der Waals surface area contributed by atoms with E-state index in [1.807, 2.05) is 41.7 Å². The number of amides is 3.